The van der Waals surface area contributed by atoms with Gasteiger partial charge in [0.05, 0.1) is 33.7 Å². The third-order valence-corrected chi connectivity index (χ3v) is 6.86. The maximum Gasteiger partial charge on any atom is 0.414 e. The van der Waals surface area contributed by atoms with E-state index in [4.69, 9.17) is 21.1 Å². The molecule has 2 atom stereocenters. The second kappa shape index (κ2) is 11.3. The Morgan fingerprint density at radius 1 is 1.29 bits per heavy atom. The minimum Gasteiger partial charge on any atom is -0.442 e. The number of nitrogens with one attached hydrogen (secondary N) is 2. The molecule has 0 radical (unpaired) electrons. The first-order valence-corrected chi connectivity index (χ1v) is 12.5. The molecule has 1 aromatic carbocycles. The maximum absolute atomic E-state index is 12.6. The third kappa shape index (κ3) is 6.43. The zero-order valence-corrected chi connectivity index (χ0v) is 20.7. The molecule has 0 bridgehead atoms. The average molecular weight is 523 g/mol. The van der Waals surface area contributed by atoms with Gasteiger partial charge < -0.3 is 30.1 Å². The van der Waals surface area contributed by atoms with E-state index in [0.717, 1.165) is 31.6 Å². The molecule has 188 valence electrons. The summed E-state index contributed by atoms with van der Waals surface area (Å²) in [5.41, 5.74) is 1.95. The standard InChI is InChI=1S/C23H27ClN4O6S/c1-14(29)33-13-21(30)26-17-10-15(4-5-18(17)27-8-2-3-9-27)28-12-16(34-23(28)32)11-25-22(31)19-6-7-20(24)35-19/h4-7,10,14,16,29H,2-3,8-9,11-13H2,1H3,(H,25,31)(H,26,30). The summed E-state index contributed by atoms with van der Waals surface area (Å²) in [5, 5.41) is 14.9. The van der Waals surface area contributed by atoms with Crippen LogP contribution >= 0.6 is 22.9 Å². The van der Waals surface area contributed by atoms with Gasteiger partial charge >= 0.3 is 6.09 Å². The molecule has 12 heteroatoms. The number of nitrogens with zero attached hydrogens (tertiary/aromatic N) is 2. The van der Waals surface area contributed by atoms with Crippen LogP contribution in [0.15, 0.2) is 30.3 Å². The molecule has 2 saturated heterocycles. The lowest BCUT2D eigenvalue weighted by Gasteiger charge is -2.24. The SMILES string of the molecule is CC(O)OCC(=O)Nc1cc(N2CC(CNC(=O)c3ccc(Cl)s3)OC2=O)ccc1N1CCCC1. The lowest BCUT2D eigenvalue weighted by atomic mass is 10.2. The predicted octanol–water partition coefficient (Wildman–Crippen LogP) is 3.05. The van der Waals surface area contributed by atoms with Crippen molar-refractivity contribution in [2.45, 2.75) is 32.2 Å². The zero-order valence-electron chi connectivity index (χ0n) is 19.2. The van der Waals surface area contributed by atoms with E-state index in [1.807, 2.05) is 12.1 Å². The van der Waals surface area contributed by atoms with Gasteiger partial charge in [0.2, 0.25) is 0 Å². The smallest absolute Gasteiger partial charge is 0.414 e. The van der Waals surface area contributed by atoms with Crippen LogP contribution in [-0.2, 0) is 14.3 Å². The van der Waals surface area contributed by atoms with Crippen molar-refractivity contribution >= 4 is 57.9 Å². The highest BCUT2D eigenvalue weighted by molar-refractivity contribution is 7.18. The van der Waals surface area contributed by atoms with E-state index in [1.54, 1.807) is 18.2 Å². The highest BCUT2D eigenvalue weighted by Gasteiger charge is 2.33. The van der Waals surface area contributed by atoms with Crippen LogP contribution in [0, 0.1) is 0 Å². The maximum atomic E-state index is 12.6. The van der Waals surface area contributed by atoms with Crippen LogP contribution in [-0.4, -0.2) is 68.2 Å². The monoisotopic (exact) mass is 522 g/mol. The molecule has 2 fully saturated rings. The first kappa shape index (κ1) is 25.2. The Morgan fingerprint density at radius 2 is 2.06 bits per heavy atom. The Labute approximate surface area is 211 Å². The molecule has 4 rings (SSSR count). The number of rotatable bonds is 9. The number of ether oxygens (including phenoxy) is 2. The largest absolute Gasteiger partial charge is 0.442 e. The number of carbonyl (C=O) groups excluding carboxylic acids is 3. The van der Waals surface area contributed by atoms with Gasteiger partial charge in [0, 0.05) is 18.8 Å². The van der Waals surface area contributed by atoms with E-state index in [2.05, 4.69) is 15.5 Å². The van der Waals surface area contributed by atoms with Crippen LogP contribution in [0.5, 0.6) is 0 Å². The van der Waals surface area contributed by atoms with Gasteiger partial charge in [0.25, 0.3) is 11.8 Å². The average Bonchev–Trinajstić information content (AvgIpc) is 3.57. The van der Waals surface area contributed by atoms with Crippen molar-refractivity contribution in [3.63, 3.8) is 0 Å². The van der Waals surface area contributed by atoms with Gasteiger partial charge in [0.1, 0.15) is 12.7 Å². The van der Waals surface area contributed by atoms with Crippen LogP contribution in [0.3, 0.4) is 0 Å². The number of aliphatic hydroxyl groups excluding tert-OH is 1. The molecule has 0 saturated carbocycles. The van der Waals surface area contributed by atoms with E-state index < -0.39 is 24.4 Å². The van der Waals surface area contributed by atoms with Crippen LogP contribution in [0.1, 0.15) is 29.4 Å². The van der Waals surface area contributed by atoms with Gasteiger partial charge in [-0.3, -0.25) is 14.5 Å². The van der Waals surface area contributed by atoms with Gasteiger partial charge in [-0.1, -0.05) is 11.6 Å². The van der Waals surface area contributed by atoms with Crippen molar-refractivity contribution in [1.82, 2.24) is 5.32 Å². The number of hydrogen-bond donors (Lipinski definition) is 3. The summed E-state index contributed by atoms with van der Waals surface area (Å²) in [6.45, 7) is 3.26. The highest BCUT2D eigenvalue weighted by atomic mass is 35.5. The van der Waals surface area contributed by atoms with Crippen LogP contribution in [0.25, 0.3) is 0 Å². The molecule has 3 amide bonds. The second-order valence-corrected chi connectivity index (χ2v) is 10.00. The zero-order chi connectivity index (χ0) is 24.9. The van der Waals surface area contributed by atoms with Crippen molar-refractivity contribution in [3.8, 4) is 0 Å². The Morgan fingerprint density at radius 3 is 2.74 bits per heavy atom. The van der Waals surface area contributed by atoms with Gasteiger partial charge in [-0.2, -0.15) is 0 Å². The van der Waals surface area contributed by atoms with E-state index in [9.17, 15) is 19.5 Å². The van der Waals surface area contributed by atoms with E-state index in [0.29, 0.717) is 20.6 Å². The van der Waals surface area contributed by atoms with Crippen molar-refractivity contribution in [1.29, 1.82) is 0 Å². The Kier molecular flexibility index (Phi) is 8.11. The summed E-state index contributed by atoms with van der Waals surface area (Å²) in [7, 11) is 0. The van der Waals surface area contributed by atoms with Gasteiger partial charge in [0.15, 0.2) is 6.29 Å². The highest BCUT2D eigenvalue weighted by Crippen LogP contribution is 2.34. The summed E-state index contributed by atoms with van der Waals surface area (Å²) in [6, 6.07) is 8.69. The molecule has 2 aromatic rings. The van der Waals surface area contributed by atoms with E-state index in [-0.39, 0.29) is 25.6 Å². The summed E-state index contributed by atoms with van der Waals surface area (Å²) in [5.74, 6) is -0.697. The van der Waals surface area contributed by atoms with Gasteiger partial charge in [-0.15, -0.1) is 11.3 Å². The van der Waals surface area contributed by atoms with Crippen LogP contribution < -0.4 is 20.4 Å². The molecule has 3 heterocycles. The van der Waals surface area contributed by atoms with Crippen molar-refractivity contribution in [2.75, 3.05) is 47.9 Å². The molecular weight excluding hydrogens is 496 g/mol. The number of amides is 3. The molecule has 2 unspecified atom stereocenters. The van der Waals surface area contributed by atoms with Gasteiger partial charge in [-0.05, 0) is 50.1 Å². The first-order valence-electron chi connectivity index (χ1n) is 11.3. The molecule has 3 N–H and O–H groups in total. The Balaban J connectivity index is 1.44. The molecule has 2 aliphatic rings. The molecule has 0 spiro atoms. The molecule has 1 aromatic heterocycles. The number of benzene rings is 1. The Bertz CT molecular complexity index is 1090. The minimum atomic E-state index is -1.06. The fourth-order valence-electron chi connectivity index (χ4n) is 3.98. The fourth-order valence-corrected chi connectivity index (χ4v) is 4.94. The normalized spacial score (nSPS) is 18.5. The summed E-state index contributed by atoms with van der Waals surface area (Å²) in [4.78, 5) is 41.4. The minimum absolute atomic E-state index is 0.155. The summed E-state index contributed by atoms with van der Waals surface area (Å²) in [6.07, 6.45) is -0.00318. The number of aliphatic hydroxyl groups is 1. The second-order valence-electron chi connectivity index (χ2n) is 8.28. The number of carbonyl (C=O) groups is 3. The van der Waals surface area contributed by atoms with Crippen molar-refractivity contribution in [2.24, 2.45) is 0 Å². The topological polar surface area (TPSA) is 120 Å². The van der Waals surface area contributed by atoms with Crippen molar-refractivity contribution in [3.05, 3.63) is 39.5 Å². The quantitative estimate of drug-likeness (QED) is 0.433. The van der Waals surface area contributed by atoms with E-state index >= 15 is 0 Å². The summed E-state index contributed by atoms with van der Waals surface area (Å²) >= 11 is 7.05. The molecule has 0 aliphatic carbocycles. The number of anilines is 3. The third-order valence-electron chi connectivity index (χ3n) is 5.63. The lowest BCUT2D eigenvalue weighted by molar-refractivity contribution is -0.133. The fraction of sp³-hybridized carbons (Fsp3) is 0.435. The number of halogens is 1. The first-order chi connectivity index (χ1) is 16.8. The number of hydrogen-bond acceptors (Lipinski definition) is 8. The van der Waals surface area contributed by atoms with E-state index in [1.165, 1.54) is 23.2 Å². The van der Waals surface area contributed by atoms with Crippen molar-refractivity contribution < 1.29 is 29.0 Å². The molecule has 2 aliphatic heterocycles. The molecular formula is C23H27ClN4O6S. The number of cyclic esters (lactones) is 1. The molecule has 35 heavy (non-hydrogen) atoms. The Hall–Kier alpha value is -2.86. The molecule has 10 nitrogen and oxygen atoms in total. The van der Waals surface area contributed by atoms with Gasteiger partial charge in [-0.25, -0.2) is 4.79 Å². The summed E-state index contributed by atoms with van der Waals surface area (Å²) < 4.78 is 10.9. The predicted molar refractivity (Wildman–Crippen MR) is 133 cm³/mol. The number of thiophene rings is 1. The van der Waals surface area contributed by atoms with Crippen LogP contribution in [0.2, 0.25) is 4.34 Å². The lowest BCUT2D eigenvalue weighted by Crippen LogP contribution is -2.34. The van der Waals surface area contributed by atoms with Crippen LogP contribution in [0.4, 0.5) is 21.9 Å².